The molecule has 2 N–H and O–H groups in total. The first kappa shape index (κ1) is 17.7. The summed E-state index contributed by atoms with van der Waals surface area (Å²) in [5.74, 6) is 1.28. The number of amides is 1. The molecular weight excluding hydrogens is 320 g/mol. The Morgan fingerprint density at radius 1 is 1.40 bits per heavy atom. The monoisotopic (exact) mass is 346 g/mol. The minimum absolute atomic E-state index is 0.133. The Labute approximate surface area is 147 Å². The quantitative estimate of drug-likeness (QED) is 0.888. The Hall–Kier alpha value is -2.15. The van der Waals surface area contributed by atoms with E-state index in [1.807, 2.05) is 38.4 Å². The molecule has 2 atom stereocenters. The average Bonchev–Trinajstić information content (AvgIpc) is 3.19. The maximum absolute atomic E-state index is 12.4. The van der Waals surface area contributed by atoms with E-state index in [9.17, 15) is 9.90 Å². The SMILES string of the molecule is Cc1cc(CC(=O)Nc2cc([C@H]3CC[C@@H](O)C3)nn2C(C)(C)C)on1. The number of anilines is 1. The lowest BCUT2D eigenvalue weighted by Gasteiger charge is -2.22. The number of carbonyl (C=O) groups excluding carboxylic acids is 1. The Morgan fingerprint density at radius 2 is 2.16 bits per heavy atom. The predicted octanol–water partition coefficient (Wildman–Crippen LogP) is 2.74. The van der Waals surface area contributed by atoms with Crippen molar-refractivity contribution in [2.75, 3.05) is 5.32 Å². The van der Waals surface area contributed by atoms with Crippen LogP contribution in [-0.4, -0.2) is 32.1 Å². The van der Waals surface area contributed by atoms with Gasteiger partial charge in [0, 0.05) is 18.1 Å². The molecule has 0 saturated heterocycles. The smallest absolute Gasteiger partial charge is 0.233 e. The highest BCUT2D eigenvalue weighted by atomic mass is 16.5. The van der Waals surface area contributed by atoms with E-state index in [-0.39, 0.29) is 29.9 Å². The largest absolute Gasteiger partial charge is 0.393 e. The van der Waals surface area contributed by atoms with Gasteiger partial charge in [0.15, 0.2) is 0 Å². The molecule has 136 valence electrons. The Kier molecular flexibility index (Phi) is 4.69. The third-order valence-corrected chi connectivity index (χ3v) is 4.47. The van der Waals surface area contributed by atoms with E-state index in [4.69, 9.17) is 9.62 Å². The van der Waals surface area contributed by atoms with Gasteiger partial charge in [0.25, 0.3) is 0 Å². The van der Waals surface area contributed by atoms with Crippen molar-refractivity contribution in [3.05, 3.63) is 29.3 Å². The van der Waals surface area contributed by atoms with Crippen LogP contribution in [0.25, 0.3) is 0 Å². The van der Waals surface area contributed by atoms with Crippen molar-refractivity contribution >= 4 is 11.7 Å². The summed E-state index contributed by atoms with van der Waals surface area (Å²) in [7, 11) is 0. The van der Waals surface area contributed by atoms with Crippen LogP contribution < -0.4 is 5.32 Å². The maximum atomic E-state index is 12.4. The van der Waals surface area contributed by atoms with E-state index < -0.39 is 0 Å². The summed E-state index contributed by atoms with van der Waals surface area (Å²) in [5.41, 5.74) is 1.42. The van der Waals surface area contributed by atoms with Gasteiger partial charge in [-0.05, 0) is 47.0 Å². The number of hydrogen-bond acceptors (Lipinski definition) is 5. The van der Waals surface area contributed by atoms with Crippen molar-refractivity contribution in [1.82, 2.24) is 14.9 Å². The second kappa shape index (κ2) is 6.63. The van der Waals surface area contributed by atoms with Crippen LogP contribution >= 0.6 is 0 Å². The van der Waals surface area contributed by atoms with E-state index in [0.29, 0.717) is 11.6 Å². The van der Waals surface area contributed by atoms with Gasteiger partial charge >= 0.3 is 0 Å². The summed E-state index contributed by atoms with van der Waals surface area (Å²) in [6.07, 6.45) is 2.34. The zero-order valence-corrected chi connectivity index (χ0v) is 15.2. The lowest BCUT2D eigenvalue weighted by Crippen LogP contribution is -2.27. The third-order valence-electron chi connectivity index (χ3n) is 4.47. The standard InChI is InChI=1S/C18H26N4O3/c1-11-7-14(25-21-11)9-17(24)19-16-10-15(12-5-6-13(23)8-12)20-22(16)18(2,3)4/h7,10,12-13,23H,5-6,8-9H2,1-4H3,(H,19,24)/t12-,13+/m0/s1. The third kappa shape index (κ3) is 4.10. The molecule has 1 aliphatic carbocycles. The van der Waals surface area contributed by atoms with E-state index in [1.165, 1.54) is 0 Å². The van der Waals surface area contributed by atoms with Gasteiger partial charge in [-0.1, -0.05) is 5.16 Å². The molecule has 1 fully saturated rings. The summed E-state index contributed by atoms with van der Waals surface area (Å²) < 4.78 is 6.95. The van der Waals surface area contributed by atoms with Crippen LogP contribution in [0, 0.1) is 6.92 Å². The minimum atomic E-state index is -0.263. The van der Waals surface area contributed by atoms with E-state index in [2.05, 4.69) is 10.5 Å². The Morgan fingerprint density at radius 3 is 2.72 bits per heavy atom. The molecule has 2 aromatic rings. The predicted molar refractivity (Wildman–Crippen MR) is 93.4 cm³/mol. The van der Waals surface area contributed by atoms with Gasteiger partial charge < -0.3 is 14.9 Å². The number of rotatable bonds is 4. The molecule has 2 aromatic heterocycles. The van der Waals surface area contributed by atoms with Crippen molar-refractivity contribution in [2.45, 2.75) is 70.9 Å². The highest BCUT2D eigenvalue weighted by Crippen LogP contribution is 2.35. The summed E-state index contributed by atoms with van der Waals surface area (Å²) in [5, 5.41) is 21.2. The summed E-state index contributed by atoms with van der Waals surface area (Å²) in [4.78, 5) is 12.4. The van der Waals surface area contributed by atoms with Crippen molar-refractivity contribution in [3.63, 3.8) is 0 Å². The molecule has 3 rings (SSSR count). The number of nitrogens with one attached hydrogen (secondary N) is 1. The molecular formula is C18H26N4O3. The number of aromatic nitrogens is 3. The summed E-state index contributed by atoms with van der Waals surface area (Å²) in [6, 6.07) is 3.68. The highest BCUT2D eigenvalue weighted by Gasteiger charge is 2.29. The zero-order chi connectivity index (χ0) is 18.2. The molecule has 0 radical (unpaired) electrons. The lowest BCUT2D eigenvalue weighted by atomic mass is 10.0. The molecule has 7 heteroatoms. The van der Waals surface area contributed by atoms with Crippen LogP contribution in [0.3, 0.4) is 0 Å². The zero-order valence-electron chi connectivity index (χ0n) is 15.2. The van der Waals surface area contributed by atoms with E-state index in [0.717, 1.165) is 30.7 Å². The molecule has 0 bridgehead atoms. The molecule has 25 heavy (non-hydrogen) atoms. The Bertz CT molecular complexity index is 757. The highest BCUT2D eigenvalue weighted by molar-refractivity contribution is 5.91. The first-order valence-corrected chi connectivity index (χ1v) is 8.73. The Balaban J connectivity index is 1.79. The molecule has 0 unspecified atom stereocenters. The van der Waals surface area contributed by atoms with Crippen molar-refractivity contribution in [3.8, 4) is 0 Å². The number of hydrogen-bond donors (Lipinski definition) is 2. The number of aliphatic hydroxyl groups is 1. The molecule has 1 saturated carbocycles. The van der Waals surface area contributed by atoms with E-state index >= 15 is 0 Å². The molecule has 0 aliphatic heterocycles. The normalized spacial score (nSPS) is 20.8. The van der Waals surface area contributed by atoms with Crippen LogP contribution in [0.2, 0.25) is 0 Å². The number of carbonyl (C=O) groups is 1. The molecule has 0 aromatic carbocycles. The van der Waals surface area contributed by atoms with Gasteiger partial charge in [-0.2, -0.15) is 5.10 Å². The van der Waals surface area contributed by atoms with Crippen LogP contribution in [0.1, 0.15) is 63.1 Å². The number of aliphatic hydroxyl groups excluding tert-OH is 1. The topological polar surface area (TPSA) is 93.2 Å². The summed E-state index contributed by atoms with van der Waals surface area (Å²) >= 11 is 0. The van der Waals surface area contributed by atoms with Crippen molar-refractivity contribution < 1.29 is 14.4 Å². The molecule has 1 aliphatic rings. The first-order valence-electron chi connectivity index (χ1n) is 8.73. The van der Waals surface area contributed by atoms with Gasteiger partial charge in [0.1, 0.15) is 11.6 Å². The fourth-order valence-corrected chi connectivity index (χ4v) is 3.27. The fourth-order valence-electron chi connectivity index (χ4n) is 3.27. The molecule has 0 spiro atoms. The van der Waals surface area contributed by atoms with Crippen LogP contribution in [0.4, 0.5) is 5.82 Å². The van der Waals surface area contributed by atoms with Gasteiger partial charge in [-0.15, -0.1) is 0 Å². The molecule has 2 heterocycles. The lowest BCUT2D eigenvalue weighted by molar-refractivity contribution is -0.115. The number of aryl methyl sites for hydroxylation is 1. The van der Waals surface area contributed by atoms with Gasteiger partial charge in [-0.3, -0.25) is 4.79 Å². The van der Waals surface area contributed by atoms with Gasteiger partial charge in [0.2, 0.25) is 5.91 Å². The fraction of sp³-hybridized carbons (Fsp3) is 0.611. The molecule has 7 nitrogen and oxygen atoms in total. The number of nitrogens with zero attached hydrogens (tertiary/aromatic N) is 3. The van der Waals surface area contributed by atoms with Gasteiger partial charge in [0.05, 0.1) is 29.5 Å². The van der Waals surface area contributed by atoms with Crippen LogP contribution in [0.15, 0.2) is 16.7 Å². The molecule has 1 amide bonds. The average molecular weight is 346 g/mol. The minimum Gasteiger partial charge on any atom is -0.393 e. The van der Waals surface area contributed by atoms with Crippen molar-refractivity contribution in [1.29, 1.82) is 0 Å². The maximum Gasteiger partial charge on any atom is 0.233 e. The van der Waals surface area contributed by atoms with Crippen LogP contribution in [-0.2, 0) is 16.8 Å². The second-order valence-corrected chi connectivity index (χ2v) is 7.86. The second-order valence-electron chi connectivity index (χ2n) is 7.86. The first-order chi connectivity index (χ1) is 11.7. The van der Waals surface area contributed by atoms with Gasteiger partial charge in [-0.25, -0.2) is 4.68 Å². The summed E-state index contributed by atoms with van der Waals surface area (Å²) in [6.45, 7) is 7.95. The van der Waals surface area contributed by atoms with Crippen molar-refractivity contribution in [2.24, 2.45) is 0 Å². The van der Waals surface area contributed by atoms with E-state index in [1.54, 1.807) is 6.07 Å². The van der Waals surface area contributed by atoms with Crippen LogP contribution in [0.5, 0.6) is 0 Å².